The van der Waals surface area contributed by atoms with Crippen LogP contribution in [0.25, 0.3) is 22.3 Å². The van der Waals surface area contributed by atoms with Gasteiger partial charge < -0.3 is 4.74 Å². The van der Waals surface area contributed by atoms with Gasteiger partial charge in [-0.3, -0.25) is 0 Å². The molecule has 1 nitrogen and oxygen atoms in total. The van der Waals surface area contributed by atoms with Crippen LogP contribution in [-0.4, -0.2) is 6.61 Å². The Morgan fingerprint density at radius 3 is 2.03 bits per heavy atom. The van der Waals surface area contributed by atoms with Crippen molar-refractivity contribution in [3.8, 4) is 22.3 Å². The van der Waals surface area contributed by atoms with Crippen molar-refractivity contribution in [3.05, 3.63) is 108 Å². The number of ether oxygens (including phenoxy) is 1. The molecule has 0 bridgehead atoms. The predicted molar refractivity (Wildman–Crippen MR) is 146 cm³/mol. The Morgan fingerprint density at radius 2 is 1.37 bits per heavy atom. The van der Waals surface area contributed by atoms with Crippen LogP contribution in [0.15, 0.2) is 73.8 Å². The number of halogens is 4. The summed E-state index contributed by atoms with van der Waals surface area (Å²) in [5.74, 6) is -3.21. The normalized spacial score (nSPS) is 17.7. The molecule has 1 saturated heterocycles. The molecule has 2 atom stereocenters. The molecule has 0 saturated carbocycles. The quantitative estimate of drug-likeness (QED) is 0.146. The summed E-state index contributed by atoms with van der Waals surface area (Å²) in [6.07, 6.45) is 9.44. The molecule has 38 heavy (non-hydrogen) atoms. The van der Waals surface area contributed by atoms with E-state index in [-0.39, 0.29) is 16.7 Å². The summed E-state index contributed by atoms with van der Waals surface area (Å²) < 4.78 is 65.8. The van der Waals surface area contributed by atoms with Gasteiger partial charge in [0, 0.05) is 16.7 Å². The average Bonchev–Trinajstić information content (AvgIpc) is 3.17. The van der Waals surface area contributed by atoms with Crippen LogP contribution < -0.4 is 0 Å². The lowest BCUT2D eigenvalue weighted by Gasteiger charge is -2.19. The first kappa shape index (κ1) is 27.8. The summed E-state index contributed by atoms with van der Waals surface area (Å²) in [4.78, 5) is 0. The fourth-order valence-corrected chi connectivity index (χ4v) is 5.15. The molecule has 3 aromatic rings. The molecule has 5 heteroatoms. The molecule has 2 unspecified atom stereocenters. The van der Waals surface area contributed by atoms with Gasteiger partial charge in [-0.1, -0.05) is 67.1 Å². The number of aryl methyl sites for hydroxylation is 1. The van der Waals surface area contributed by atoms with Gasteiger partial charge in [-0.25, -0.2) is 17.6 Å². The van der Waals surface area contributed by atoms with Gasteiger partial charge in [0.15, 0.2) is 23.3 Å². The molecule has 0 radical (unpaired) electrons. The predicted octanol–water partition coefficient (Wildman–Crippen LogP) is 9.91. The number of allylic oxidation sites excluding steroid dienone is 2. The fourth-order valence-electron chi connectivity index (χ4n) is 5.15. The Balaban J connectivity index is 1.51. The first-order chi connectivity index (χ1) is 18.4. The molecule has 200 valence electrons. The van der Waals surface area contributed by atoms with E-state index in [0.717, 1.165) is 32.1 Å². The summed E-state index contributed by atoms with van der Waals surface area (Å²) >= 11 is 0. The summed E-state index contributed by atoms with van der Waals surface area (Å²) in [5, 5.41) is 0. The lowest BCUT2D eigenvalue weighted by Crippen LogP contribution is -2.11. The van der Waals surface area contributed by atoms with Gasteiger partial charge in [0.05, 0.1) is 12.7 Å². The minimum absolute atomic E-state index is 0.111. The van der Waals surface area contributed by atoms with Gasteiger partial charge in [-0.05, 0) is 67.6 Å². The second-order valence-electron chi connectivity index (χ2n) is 9.97. The van der Waals surface area contributed by atoms with Crippen LogP contribution >= 0.6 is 0 Å². The molecule has 0 amide bonds. The van der Waals surface area contributed by atoms with E-state index in [1.165, 1.54) is 0 Å². The van der Waals surface area contributed by atoms with Gasteiger partial charge in [0.25, 0.3) is 0 Å². The van der Waals surface area contributed by atoms with Crippen molar-refractivity contribution in [1.29, 1.82) is 0 Å². The highest BCUT2D eigenvalue weighted by atomic mass is 19.2. The second kappa shape index (κ2) is 13.1. The zero-order valence-electron chi connectivity index (χ0n) is 21.6. The lowest BCUT2D eigenvalue weighted by atomic mass is 9.95. The maximum absolute atomic E-state index is 15.2. The Bertz CT molecular complexity index is 1260. The monoisotopic (exact) mass is 522 g/mol. The van der Waals surface area contributed by atoms with Gasteiger partial charge >= 0.3 is 0 Å². The fraction of sp³-hybridized carbons (Fsp3) is 0.333. The molecule has 0 aromatic heterocycles. The summed E-state index contributed by atoms with van der Waals surface area (Å²) in [7, 11) is 0. The molecular formula is C33H34F4O. The molecule has 1 heterocycles. The lowest BCUT2D eigenvalue weighted by molar-refractivity contribution is 0.0358. The Kier molecular flexibility index (Phi) is 9.57. The molecular weight excluding hydrogens is 488 g/mol. The molecule has 0 spiro atoms. The molecule has 4 rings (SSSR count). The van der Waals surface area contributed by atoms with E-state index in [9.17, 15) is 8.78 Å². The van der Waals surface area contributed by atoms with E-state index in [4.69, 9.17) is 4.74 Å². The molecule has 1 aliphatic rings. The van der Waals surface area contributed by atoms with Crippen molar-refractivity contribution in [3.63, 3.8) is 0 Å². The largest absolute Gasteiger partial charge is 0.373 e. The third-order valence-electron chi connectivity index (χ3n) is 7.37. The Hall–Kier alpha value is -3.18. The number of benzene rings is 3. The summed E-state index contributed by atoms with van der Waals surface area (Å²) in [6.45, 7) is 7.93. The van der Waals surface area contributed by atoms with Gasteiger partial charge in [-0.15, -0.1) is 13.2 Å². The molecule has 1 fully saturated rings. The third kappa shape index (κ3) is 6.27. The minimum Gasteiger partial charge on any atom is -0.373 e. The van der Waals surface area contributed by atoms with E-state index < -0.39 is 29.4 Å². The van der Waals surface area contributed by atoms with Crippen molar-refractivity contribution >= 4 is 0 Å². The highest BCUT2D eigenvalue weighted by Gasteiger charge is 2.25. The van der Waals surface area contributed by atoms with Crippen molar-refractivity contribution in [1.82, 2.24) is 0 Å². The van der Waals surface area contributed by atoms with Crippen molar-refractivity contribution in [2.24, 2.45) is 5.92 Å². The Labute approximate surface area is 222 Å². The summed E-state index contributed by atoms with van der Waals surface area (Å²) in [6, 6.07) is 12.7. The van der Waals surface area contributed by atoms with Gasteiger partial charge in [-0.2, -0.15) is 0 Å². The third-order valence-corrected chi connectivity index (χ3v) is 7.37. The van der Waals surface area contributed by atoms with Crippen molar-refractivity contribution in [2.75, 3.05) is 6.61 Å². The standard InChI is InChI=1S/C33H34F4O/c1-3-5-7-11-25-17-18-26(31(35)30(25)34)23-13-15-24(16-14-23)27-19-20-28(33(37)32(27)36)29-12-8-10-22(21-38-29)9-6-4-2/h3-4,13-20,22,29H,1-2,5-12,21H2. The van der Waals surface area contributed by atoms with E-state index in [2.05, 4.69) is 13.2 Å². The second-order valence-corrected chi connectivity index (χ2v) is 9.97. The van der Waals surface area contributed by atoms with E-state index >= 15 is 8.78 Å². The zero-order chi connectivity index (χ0) is 27.1. The van der Waals surface area contributed by atoms with Gasteiger partial charge in [0.2, 0.25) is 0 Å². The Morgan fingerprint density at radius 1 is 0.737 bits per heavy atom. The maximum Gasteiger partial charge on any atom is 0.167 e. The summed E-state index contributed by atoms with van der Waals surface area (Å²) in [5.41, 5.74) is 1.70. The highest BCUT2D eigenvalue weighted by molar-refractivity contribution is 5.71. The SMILES string of the molecule is C=CCCCc1ccc(-c2ccc(-c3ccc(C4CCCC(CCC=C)CO4)c(F)c3F)cc2)c(F)c1F. The van der Waals surface area contributed by atoms with E-state index in [1.807, 2.05) is 6.08 Å². The number of hydrogen-bond acceptors (Lipinski definition) is 1. The minimum atomic E-state index is -0.938. The molecule has 3 aromatic carbocycles. The van der Waals surface area contributed by atoms with Crippen LogP contribution in [-0.2, 0) is 11.2 Å². The first-order valence-corrected chi connectivity index (χ1v) is 13.3. The number of hydrogen-bond donors (Lipinski definition) is 0. The molecule has 1 aliphatic heterocycles. The van der Waals surface area contributed by atoms with Crippen LogP contribution in [0.4, 0.5) is 17.6 Å². The molecule has 0 N–H and O–H groups in total. The van der Waals surface area contributed by atoms with Crippen molar-refractivity contribution in [2.45, 2.75) is 57.5 Å². The highest BCUT2D eigenvalue weighted by Crippen LogP contribution is 2.36. The van der Waals surface area contributed by atoms with E-state index in [0.29, 0.717) is 48.5 Å². The zero-order valence-corrected chi connectivity index (χ0v) is 21.6. The number of rotatable bonds is 10. The maximum atomic E-state index is 15.2. The van der Waals surface area contributed by atoms with Crippen molar-refractivity contribution < 1.29 is 22.3 Å². The topological polar surface area (TPSA) is 9.23 Å². The van der Waals surface area contributed by atoms with Crippen LogP contribution in [0.3, 0.4) is 0 Å². The van der Waals surface area contributed by atoms with Crippen LogP contribution in [0.1, 0.15) is 62.2 Å². The van der Waals surface area contributed by atoms with E-state index in [1.54, 1.807) is 54.6 Å². The van der Waals surface area contributed by atoms with Gasteiger partial charge in [0.1, 0.15) is 0 Å². The first-order valence-electron chi connectivity index (χ1n) is 13.3. The molecule has 0 aliphatic carbocycles. The number of unbranched alkanes of at least 4 members (excludes halogenated alkanes) is 1. The average molecular weight is 523 g/mol. The van der Waals surface area contributed by atoms with Crippen LogP contribution in [0, 0.1) is 29.2 Å². The van der Waals surface area contributed by atoms with Crippen LogP contribution in [0.2, 0.25) is 0 Å². The van der Waals surface area contributed by atoms with Crippen LogP contribution in [0.5, 0.6) is 0 Å². The smallest absolute Gasteiger partial charge is 0.167 e.